The average molecular weight is 327 g/mol. The summed E-state index contributed by atoms with van der Waals surface area (Å²) in [6, 6.07) is 7.56. The SMILES string of the molecule is Cc1cc(OCc2cc(Cl)ccn2)cc(C)c1Br. The van der Waals surface area contributed by atoms with Crippen molar-refractivity contribution in [3.8, 4) is 5.75 Å². The van der Waals surface area contributed by atoms with Crippen LogP contribution in [0.15, 0.2) is 34.9 Å². The first-order valence-corrected chi connectivity index (χ1v) is 6.73. The molecule has 0 unspecified atom stereocenters. The van der Waals surface area contributed by atoms with Crippen LogP contribution in [0.1, 0.15) is 16.8 Å². The van der Waals surface area contributed by atoms with Crippen LogP contribution in [0.4, 0.5) is 0 Å². The van der Waals surface area contributed by atoms with Gasteiger partial charge in [0.25, 0.3) is 0 Å². The number of hydrogen-bond donors (Lipinski definition) is 0. The van der Waals surface area contributed by atoms with E-state index in [-0.39, 0.29) is 0 Å². The molecule has 1 heterocycles. The third kappa shape index (κ3) is 3.24. The smallest absolute Gasteiger partial charge is 0.130 e. The zero-order valence-corrected chi connectivity index (χ0v) is 12.5. The molecule has 0 N–H and O–H groups in total. The summed E-state index contributed by atoms with van der Waals surface area (Å²) < 4.78 is 6.84. The molecule has 2 aromatic rings. The number of hydrogen-bond acceptors (Lipinski definition) is 2. The van der Waals surface area contributed by atoms with Crippen LogP contribution in [0.5, 0.6) is 5.75 Å². The molecule has 18 heavy (non-hydrogen) atoms. The summed E-state index contributed by atoms with van der Waals surface area (Å²) in [6.07, 6.45) is 1.68. The molecular weight excluding hydrogens is 314 g/mol. The van der Waals surface area contributed by atoms with Gasteiger partial charge in [0, 0.05) is 15.7 Å². The zero-order valence-electron chi connectivity index (χ0n) is 10.2. The summed E-state index contributed by atoms with van der Waals surface area (Å²) in [7, 11) is 0. The van der Waals surface area contributed by atoms with Crippen molar-refractivity contribution in [2.24, 2.45) is 0 Å². The van der Waals surface area contributed by atoms with Crippen molar-refractivity contribution in [3.63, 3.8) is 0 Å². The molecule has 2 nitrogen and oxygen atoms in total. The van der Waals surface area contributed by atoms with Gasteiger partial charge in [-0.05, 0) is 49.2 Å². The Labute approximate surface area is 120 Å². The second kappa shape index (κ2) is 5.72. The average Bonchev–Trinajstić information content (AvgIpc) is 2.33. The predicted molar refractivity (Wildman–Crippen MR) is 77.2 cm³/mol. The van der Waals surface area contributed by atoms with Gasteiger partial charge in [-0.2, -0.15) is 0 Å². The van der Waals surface area contributed by atoms with Crippen LogP contribution in [-0.4, -0.2) is 4.98 Å². The molecule has 1 aromatic heterocycles. The Hall–Kier alpha value is -1.06. The third-order valence-electron chi connectivity index (χ3n) is 2.58. The first kappa shape index (κ1) is 13.4. The van der Waals surface area contributed by atoms with Gasteiger partial charge in [-0.3, -0.25) is 4.98 Å². The third-order valence-corrected chi connectivity index (χ3v) is 4.06. The fraction of sp³-hybridized carbons (Fsp3) is 0.214. The van der Waals surface area contributed by atoms with Crippen molar-refractivity contribution in [1.82, 2.24) is 4.98 Å². The van der Waals surface area contributed by atoms with Crippen molar-refractivity contribution in [1.29, 1.82) is 0 Å². The van der Waals surface area contributed by atoms with Crippen LogP contribution in [0.25, 0.3) is 0 Å². The number of aromatic nitrogens is 1. The van der Waals surface area contributed by atoms with Crippen LogP contribution in [0.3, 0.4) is 0 Å². The predicted octanol–water partition coefficient (Wildman–Crippen LogP) is 4.69. The molecule has 0 spiro atoms. The van der Waals surface area contributed by atoms with Crippen molar-refractivity contribution in [2.45, 2.75) is 20.5 Å². The summed E-state index contributed by atoms with van der Waals surface area (Å²) in [6.45, 7) is 4.50. The molecule has 0 aliphatic heterocycles. The lowest BCUT2D eigenvalue weighted by molar-refractivity contribution is 0.301. The van der Waals surface area contributed by atoms with E-state index in [9.17, 15) is 0 Å². The maximum Gasteiger partial charge on any atom is 0.130 e. The van der Waals surface area contributed by atoms with Gasteiger partial charge in [0.1, 0.15) is 12.4 Å². The van der Waals surface area contributed by atoms with Crippen LogP contribution < -0.4 is 4.74 Å². The molecular formula is C14H13BrClNO. The van der Waals surface area contributed by atoms with Gasteiger partial charge in [0.2, 0.25) is 0 Å². The number of pyridine rings is 1. The van der Waals surface area contributed by atoms with E-state index in [0.29, 0.717) is 11.6 Å². The number of aryl methyl sites for hydroxylation is 2. The normalized spacial score (nSPS) is 10.4. The Kier molecular flexibility index (Phi) is 4.25. The molecule has 0 aliphatic rings. The summed E-state index contributed by atoms with van der Waals surface area (Å²) >= 11 is 9.43. The molecule has 4 heteroatoms. The summed E-state index contributed by atoms with van der Waals surface area (Å²) in [5.41, 5.74) is 3.13. The van der Waals surface area contributed by atoms with Crippen molar-refractivity contribution in [2.75, 3.05) is 0 Å². The Balaban J connectivity index is 2.11. The minimum atomic E-state index is 0.418. The second-order valence-corrected chi connectivity index (χ2v) is 5.35. The molecule has 0 fully saturated rings. The first-order valence-electron chi connectivity index (χ1n) is 5.56. The standard InChI is InChI=1S/C14H13BrClNO/c1-9-5-13(6-10(2)14(9)15)18-8-12-7-11(16)3-4-17-12/h3-7H,8H2,1-2H3. The lowest BCUT2D eigenvalue weighted by atomic mass is 10.1. The molecule has 94 valence electrons. The minimum Gasteiger partial charge on any atom is -0.487 e. The highest BCUT2D eigenvalue weighted by atomic mass is 79.9. The van der Waals surface area contributed by atoms with Crippen LogP contribution in [-0.2, 0) is 6.61 Å². The lowest BCUT2D eigenvalue weighted by Crippen LogP contribution is -1.98. The molecule has 0 radical (unpaired) electrons. The largest absolute Gasteiger partial charge is 0.487 e. The Morgan fingerprint density at radius 1 is 1.22 bits per heavy atom. The number of ether oxygens (including phenoxy) is 1. The highest BCUT2D eigenvalue weighted by molar-refractivity contribution is 9.10. The van der Waals surface area contributed by atoms with Gasteiger partial charge in [-0.1, -0.05) is 27.5 Å². The summed E-state index contributed by atoms with van der Waals surface area (Å²) in [5, 5.41) is 0.673. The highest BCUT2D eigenvalue weighted by Gasteiger charge is 2.04. The minimum absolute atomic E-state index is 0.418. The Bertz CT molecular complexity index is 548. The number of rotatable bonds is 3. The second-order valence-electron chi connectivity index (χ2n) is 4.13. The quantitative estimate of drug-likeness (QED) is 0.816. The molecule has 0 bridgehead atoms. The van der Waals surface area contributed by atoms with E-state index in [2.05, 4.69) is 20.9 Å². The van der Waals surface area contributed by atoms with E-state index in [1.807, 2.05) is 26.0 Å². The van der Waals surface area contributed by atoms with Gasteiger partial charge in [-0.25, -0.2) is 0 Å². The molecule has 2 rings (SSSR count). The van der Waals surface area contributed by atoms with Crippen molar-refractivity contribution >= 4 is 27.5 Å². The summed E-state index contributed by atoms with van der Waals surface area (Å²) in [5.74, 6) is 0.843. The molecule has 0 saturated heterocycles. The lowest BCUT2D eigenvalue weighted by Gasteiger charge is -2.10. The van der Waals surface area contributed by atoms with Gasteiger partial charge in [0.05, 0.1) is 5.69 Å². The number of halogens is 2. The maximum atomic E-state index is 5.90. The topological polar surface area (TPSA) is 22.1 Å². The maximum absolute atomic E-state index is 5.90. The molecule has 0 atom stereocenters. The van der Waals surface area contributed by atoms with Gasteiger partial charge < -0.3 is 4.74 Å². The van der Waals surface area contributed by atoms with Crippen LogP contribution in [0, 0.1) is 13.8 Å². The fourth-order valence-electron chi connectivity index (χ4n) is 1.67. The monoisotopic (exact) mass is 325 g/mol. The van der Waals surface area contributed by atoms with E-state index in [1.54, 1.807) is 18.3 Å². The molecule has 1 aromatic carbocycles. The van der Waals surface area contributed by atoms with E-state index in [4.69, 9.17) is 16.3 Å². The van der Waals surface area contributed by atoms with Crippen LogP contribution >= 0.6 is 27.5 Å². The van der Waals surface area contributed by atoms with Crippen LogP contribution in [0.2, 0.25) is 5.02 Å². The number of nitrogens with zero attached hydrogens (tertiary/aromatic N) is 1. The van der Waals surface area contributed by atoms with Gasteiger partial charge in [0.15, 0.2) is 0 Å². The first-order chi connectivity index (χ1) is 8.56. The van der Waals surface area contributed by atoms with E-state index < -0.39 is 0 Å². The van der Waals surface area contributed by atoms with Crippen molar-refractivity contribution in [3.05, 3.63) is 56.8 Å². The highest BCUT2D eigenvalue weighted by Crippen LogP contribution is 2.26. The molecule has 0 aliphatic carbocycles. The van der Waals surface area contributed by atoms with E-state index >= 15 is 0 Å². The van der Waals surface area contributed by atoms with E-state index in [0.717, 1.165) is 27.0 Å². The Morgan fingerprint density at radius 3 is 2.50 bits per heavy atom. The zero-order chi connectivity index (χ0) is 13.1. The summed E-state index contributed by atoms with van der Waals surface area (Å²) in [4.78, 5) is 4.20. The molecule has 0 saturated carbocycles. The van der Waals surface area contributed by atoms with Gasteiger partial charge >= 0.3 is 0 Å². The van der Waals surface area contributed by atoms with E-state index in [1.165, 1.54) is 0 Å². The molecule has 0 amide bonds. The van der Waals surface area contributed by atoms with Crippen molar-refractivity contribution < 1.29 is 4.74 Å². The Morgan fingerprint density at radius 2 is 1.89 bits per heavy atom. The fourth-order valence-corrected chi connectivity index (χ4v) is 2.09. The van der Waals surface area contributed by atoms with Gasteiger partial charge in [-0.15, -0.1) is 0 Å². The number of benzene rings is 1.